The molecule has 1 unspecified atom stereocenters. The van der Waals surface area contributed by atoms with Crippen molar-refractivity contribution < 1.29 is 9.53 Å². The molecule has 0 aromatic carbocycles. The molecular weight excluding hydrogens is 190 g/mol. The minimum absolute atomic E-state index is 0.0886. The number of rotatable bonds is 5. The average molecular weight is 215 g/mol. The van der Waals surface area contributed by atoms with E-state index in [9.17, 15) is 4.79 Å². The topological polar surface area (TPSA) is 52.3 Å². The number of hydrogen-bond acceptors (Lipinski definition) is 3. The highest BCUT2D eigenvalue weighted by Crippen LogP contribution is 2.43. The van der Waals surface area contributed by atoms with Gasteiger partial charge in [-0.1, -0.05) is 34.1 Å². The Kier molecular flexibility index (Phi) is 5.29. The smallest absolute Gasteiger partial charge is 0.312 e. The van der Waals surface area contributed by atoms with Gasteiger partial charge in [-0.25, -0.2) is 0 Å². The summed E-state index contributed by atoms with van der Waals surface area (Å²) in [5.74, 6) is -0.123. The highest BCUT2D eigenvalue weighted by molar-refractivity contribution is 5.77. The Labute approximate surface area is 93.4 Å². The van der Waals surface area contributed by atoms with E-state index in [4.69, 9.17) is 10.5 Å². The first-order valence-electron chi connectivity index (χ1n) is 5.67. The van der Waals surface area contributed by atoms with Gasteiger partial charge >= 0.3 is 5.97 Å². The van der Waals surface area contributed by atoms with Gasteiger partial charge in [-0.05, 0) is 18.8 Å². The lowest BCUT2D eigenvalue weighted by Crippen LogP contribution is -2.42. The van der Waals surface area contributed by atoms with Crippen LogP contribution >= 0.6 is 0 Å². The number of carbonyl (C=O) groups excluding carboxylic acids is 1. The highest BCUT2D eigenvalue weighted by atomic mass is 16.5. The fraction of sp³-hybridized carbons (Fsp3) is 0.917. The second kappa shape index (κ2) is 5.50. The highest BCUT2D eigenvalue weighted by Gasteiger charge is 2.44. The third kappa shape index (κ3) is 3.49. The molecule has 1 atom stereocenters. The van der Waals surface area contributed by atoms with Crippen LogP contribution in [0.5, 0.6) is 0 Å². The van der Waals surface area contributed by atoms with Crippen LogP contribution < -0.4 is 5.73 Å². The fourth-order valence-corrected chi connectivity index (χ4v) is 1.59. The number of nitrogens with two attached hydrogens (primary N) is 1. The van der Waals surface area contributed by atoms with Crippen LogP contribution in [-0.4, -0.2) is 19.1 Å². The maximum atomic E-state index is 12.0. The van der Waals surface area contributed by atoms with Crippen LogP contribution in [0.15, 0.2) is 0 Å². The zero-order valence-corrected chi connectivity index (χ0v) is 10.7. The maximum Gasteiger partial charge on any atom is 0.312 e. The van der Waals surface area contributed by atoms with E-state index in [0.717, 1.165) is 12.8 Å². The van der Waals surface area contributed by atoms with Crippen molar-refractivity contribution in [2.24, 2.45) is 16.6 Å². The predicted molar refractivity (Wildman–Crippen MR) is 62.5 cm³/mol. The lowest BCUT2D eigenvalue weighted by atomic mass is 9.65. The van der Waals surface area contributed by atoms with Crippen LogP contribution in [0, 0.1) is 10.8 Å². The van der Waals surface area contributed by atoms with Crippen molar-refractivity contribution in [2.75, 3.05) is 13.2 Å². The molecule has 3 heteroatoms. The zero-order valence-electron chi connectivity index (χ0n) is 10.7. The largest absolute Gasteiger partial charge is 0.464 e. The molecule has 0 aliphatic heterocycles. The van der Waals surface area contributed by atoms with Gasteiger partial charge in [0.2, 0.25) is 0 Å². The van der Waals surface area contributed by atoms with Crippen LogP contribution in [0.3, 0.4) is 0 Å². The molecule has 0 saturated carbocycles. The summed E-state index contributed by atoms with van der Waals surface area (Å²) in [5.41, 5.74) is 4.82. The van der Waals surface area contributed by atoms with Crippen molar-refractivity contribution in [1.29, 1.82) is 0 Å². The molecule has 0 rings (SSSR count). The SMILES string of the molecule is CCCC(C)(C(=O)OCCN)C(C)(C)C. The molecule has 90 valence electrons. The molecule has 0 amide bonds. The van der Waals surface area contributed by atoms with Crippen LogP contribution in [-0.2, 0) is 9.53 Å². The monoisotopic (exact) mass is 215 g/mol. The molecule has 0 aromatic rings. The number of esters is 1. The van der Waals surface area contributed by atoms with Crippen molar-refractivity contribution in [3.8, 4) is 0 Å². The van der Waals surface area contributed by atoms with Crippen molar-refractivity contribution in [1.82, 2.24) is 0 Å². The molecule has 0 aromatic heterocycles. The maximum absolute atomic E-state index is 12.0. The molecule has 0 heterocycles. The van der Waals surface area contributed by atoms with E-state index in [1.807, 2.05) is 6.92 Å². The summed E-state index contributed by atoms with van der Waals surface area (Å²) in [6, 6.07) is 0. The van der Waals surface area contributed by atoms with Gasteiger partial charge in [0.15, 0.2) is 0 Å². The van der Waals surface area contributed by atoms with Gasteiger partial charge in [0.1, 0.15) is 6.61 Å². The van der Waals surface area contributed by atoms with Crippen molar-refractivity contribution in [2.45, 2.75) is 47.5 Å². The van der Waals surface area contributed by atoms with Crippen LogP contribution in [0.4, 0.5) is 0 Å². The van der Waals surface area contributed by atoms with Gasteiger partial charge in [0.05, 0.1) is 5.41 Å². The standard InChI is InChI=1S/C12H25NO2/c1-6-7-12(5,11(2,3)4)10(14)15-9-8-13/h6-9,13H2,1-5H3. The Balaban J connectivity index is 4.71. The van der Waals surface area contributed by atoms with Crippen molar-refractivity contribution in [3.05, 3.63) is 0 Å². The van der Waals surface area contributed by atoms with Crippen LogP contribution in [0.25, 0.3) is 0 Å². The summed E-state index contributed by atoms with van der Waals surface area (Å²) in [7, 11) is 0. The molecular formula is C12H25NO2. The summed E-state index contributed by atoms with van der Waals surface area (Å²) in [4.78, 5) is 12.0. The summed E-state index contributed by atoms with van der Waals surface area (Å²) < 4.78 is 5.17. The van der Waals surface area contributed by atoms with Gasteiger partial charge < -0.3 is 10.5 Å². The summed E-state index contributed by atoms with van der Waals surface area (Å²) in [6.45, 7) is 11.0. The summed E-state index contributed by atoms with van der Waals surface area (Å²) >= 11 is 0. The van der Waals surface area contributed by atoms with Crippen LogP contribution in [0.2, 0.25) is 0 Å². The van der Waals surface area contributed by atoms with Gasteiger partial charge in [0.25, 0.3) is 0 Å². The van der Waals surface area contributed by atoms with Gasteiger partial charge in [-0.2, -0.15) is 0 Å². The Bertz CT molecular complexity index is 208. The molecule has 0 aliphatic carbocycles. The molecule has 0 radical (unpaired) electrons. The van der Waals surface area contributed by atoms with Crippen molar-refractivity contribution >= 4 is 5.97 Å². The second-order valence-electron chi connectivity index (χ2n) is 5.26. The van der Waals surface area contributed by atoms with Gasteiger partial charge in [-0.15, -0.1) is 0 Å². The van der Waals surface area contributed by atoms with E-state index in [-0.39, 0.29) is 11.4 Å². The Hall–Kier alpha value is -0.570. The third-order valence-electron chi connectivity index (χ3n) is 3.21. The molecule has 0 spiro atoms. The molecule has 3 nitrogen and oxygen atoms in total. The molecule has 0 bridgehead atoms. The number of hydrogen-bond donors (Lipinski definition) is 1. The first kappa shape index (κ1) is 14.4. The van der Waals surface area contributed by atoms with Crippen molar-refractivity contribution in [3.63, 3.8) is 0 Å². The molecule has 0 aliphatic rings. The Morgan fingerprint density at radius 3 is 2.13 bits per heavy atom. The number of ether oxygens (including phenoxy) is 1. The quantitative estimate of drug-likeness (QED) is 0.716. The normalized spacial score (nSPS) is 15.9. The lowest BCUT2D eigenvalue weighted by Gasteiger charge is -2.39. The van der Waals surface area contributed by atoms with E-state index in [1.165, 1.54) is 0 Å². The van der Waals surface area contributed by atoms with E-state index in [0.29, 0.717) is 13.2 Å². The third-order valence-corrected chi connectivity index (χ3v) is 3.21. The molecule has 2 N–H and O–H groups in total. The first-order valence-corrected chi connectivity index (χ1v) is 5.67. The molecule has 0 saturated heterocycles. The fourth-order valence-electron chi connectivity index (χ4n) is 1.59. The predicted octanol–water partition coefficient (Wildman–Crippen LogP) is 2.34. The van der Waals surface area contributed by atoms with Gasteiger partial charge in [-0.3, -0.25) is 4.79 Å². The minimum atomic E-state index is -0.420. The van der Waals surface area contributed by atoms with E-state index in [2.05, 4.69) is 27.7 Å². The Morgan fingerprint density at radius 2 is 1.80 bits per heavy atom. The zero-order chi connectivity index (χ0) is 12.1. The first-order chi connectivity index (χ1) is 6.79. The van der Waals surface area contributed by atoms with Crippen LogP contribution in [0.1, 0.15) is 47.5 Å². The van der Waals surface area contributed by atoms with Gasteiger partial charge in [0, 0.05) is 6.54 Å². The average Bonchev–Trinajstić information content (AvgIpc) is 2.12. The summed E-state index contributed by atoms with van der Waals surface area (Å²) in [6.07, 6.45) is 1.82. The summed E-state index contributed by atoms with van der Waals surface area (Å²) in [5, 5.41) is 0. The molecule has 15 heavy (non-hydrogen) atoms. The van der Waals surface area contributed by atoms with E-state index in [1.54, 1.807) is 0 Å². The lowest BCUT2D eigenvalue weighted by molar-refractivity contribution is -0.162. The van der Waals surface area contributed by atoms with E-state index >= 15 is 0 Å². The second-order valence-corrected chi connectivity index (χ2v) is 5.26. The molecule has 0 fully saturated rings. The minimum Gasteiger partial charge on any atom is -0.464 e. The number of carbonyl (C=O) groups is 1. The van der Waals surface area contributed by atoms with E-state index < -0.39 is 5.41 Å². The Morgan fingerprint density at radius 1 is 1.27 bits per heavy atom.